The summed E-state index contributed by atoms with van der Waals surface area (Å²) in [4.78, 5) is 26.0. The van der Waals surface area contributed by atoms with E-state index in [2.05, 4.69) is 0 Å². The predicted octanol–water partition coefficient (Wildman–Crippen LogP) is 3.13. The van der Waals surface area contributed by atoms with E-state index in [4.69, 9.17) is 10.5 Å². The average Bonchev–Trinajstić information content (AvgIpc) is 3.07. The first-order chi connectivity index (χ1) is 13.9. The Balaban J connectivity index is 1.98. The van der Waals surface area contributed by atoms with Crippen LogP contribution < -0.4 is 10.6 Å². The summed E-state index contributed by atoms with van der Waals surface area (Å²) in [6.07, 6.45) is 0.400. The molecule has 0 radical (unpaired) electrons. The number of thioether (sulfide) groups is 1. The Labute approximate surface area is 172 Å². The van der Waals surface area contributed by atoms with Crippen molar-refractivity contribution >= 4 is 29.3 Å². The van der Waals surface area contributed by atoms with E-state index in [1.165, 1.54) is 30.0 Å². The van der Waals surface area contributed by atoms with E-state index in [1.54, 1.807) is 23.1 Å². The molecule has 1 fully saturated rings. The maximum Gasteiger partial charge on any atom is 0.335 e. The quantitative estimate of drug-likeness (QED) is 0.640. The fourth-order valence-corrected chi connectivity index (χ4v) is 4.62. The lowest BCUT2D eigenvalue weighted by Gasteiger charge is -2.27. The maximum atomic E-state index is 13.3. The van der Waals surface area contributed by atoms with E-state index >= 15 is 0 Å². The molecule has 0 saturated carbocycles. The van der Waals surface area contributed by atoms with Crippen LogP contribution in [0.3, 0.4) is 0 Å². The first-order valence-electron chi connectivity index (χ1n) is 9.26. The van der Waals surface area contributed by atoms with Gasteiger partial charge in [0.2, 0.25) is 5.91 Å². The summed E-state index contributed by atoms with van der Waals surface area (Å²) in [6.45, 7) is 2.95. The molecule has 1 aliphatic heterocycles. The minimum Gasteiger partial charge on any atom is -0.478 e. The van der Waals surface area contributed by atoms with Gasteiger partial charge in [0, 0.05) is 12.2 Å². The number of nitrogens with two attached hydrogens (primary N) is 1. The van der Waals surface area contributed by atoms with Crippen LogP contribution in [0.2, 0.25) is 0 Å². The second kappa shape index (κ2) is 9.39. The van der Waals surface area contributed by atoms with Crippen molar-refractivity contribution in [3.05, 3.63) is 64.5 Å². The molecule has 0 bridgehead atoms. The van der Waals surface area contributed by atoms with E-state index in [-0.39, 0.29) is 22.7 Å². The van der Waals surface area contributed by atoms with Crippen molar-refractivity contribution in [3.63, 3.8) is 0 Å². The minimum atomic E-state index is -1.02. The van der Waals surface area contributed by atoms with Crippen molar-refractivity contribution in [2.24, 2.45) is 5.73 Å². The smallest absolute Gasteiger partial charge is 0.335 e. The number of hydrogen-bond donors (Lipinski definition) is 2. The summed E-state index contributed by atoms with van der Waals surface area (Å²) in [5.74, 6) is -1.13. The van der Waals surface area contributed by atoms with E-state index in [1.807, 2.05) is 6.92 Å². The van der Waals surface area contributed by atoms with Crippen LogP contribution in [-0.4, -0.2) is 42.5 Å². The fraction of sp³-hybridized carbons (Fsp3) is 0.333. The van der Waals surface area contributed by atoms with Crippen molar-refractivity contribution in [1.82, 2.24) is 0 Å². The highest BCUT2D eigenvalue weighted by Crippen LogP contribution is 2.43. The van der Waals surface area contributed by atoms with Crippen molar-refractivity contribution < 1.29 is 23.8 Å². The lowest BCUT2D eigenvalue weighted by molar-refractivity contribution is -0.115. The van der Waals surface area contributed by atoms with Gasteiger partial charge in [-0.2, -0.15) is 0 Å². The molecule has 29 heavy (non-hydrogen) atoms. The normalized spacial score (nSPS) is 16.4. The van der Waals surface area contributed by atoms with E-state index < -0.39 is 5.97 Å². The molecule has 0 aromatic heterocycles. The molecule has 6 nitrogen and oxygen atoms in total. The van der Waals surface area contributed by atoms with Crippen LogP contribution in [0.25, 0.3) is 0 Å². The van der Waals surface area contributed by atoms with Crippen molar-refractivity contribution in [2.75, 3.05) is 30.4 Å². The highest BCUT2D eigenvalue weighted by atomic mass is 32.2. The molecule has 0 aliphatic carbocycles. The number of aromatic carboxylic acids is 1. The van der Waals surface area contributed by atoms with Gasteiger partial charge in [-0.25, -0.2) is 9.18 Å². The number of rotatable bonds is 8. The lowest BCUT2D eigenvalue weighted by Crippen LogP contribution is -2.29. The van der Waals surface area contributed by atoms with Gasteiger partial charge in [0.15, 0.2) is 0 Å². The monoisotopic (exact) mass is 418 g/mol. The Bertz CT molecular complexity index is 904. The molecule has 154 valence electrons. The zero-order valence-corrected chi connectivity index (χ0v) is 16.9. The zero-order chi connectivity index (χ0) is 21.0. The largest absolute Gasteiger partial charge is 0.478 e. The van der Waals surface area contributed by atoms with Crippen LogP contribution in [0.15, 0.2) is 36.4 Å². The van der Waals surface area contributed by atoms with Gasteiger partial charge < -0.3 is 15.6 Å². The first-order valence-corrected chi connectivity index (χ1v) is 10.3. The molecule has 1 amide bonds. The molecule has 3 N–H and O–H groups in total. The van der Waals surface area contributed by atoms with Gasteiger partial charge in [-0.15, -0.1) is 11.8 Å². The van der Waals surface area contributed by atoms with Gasteiger partial charge >= 0.3 is 5.97 Å². The van der Waals surface area contributed by atoms with Crippen molar-refractivity contribution in [1.29, 1.82) is 0 Å². The molecule has 1 heterocycles. The predicted molar refractivity (Wildman–Crippen MR) is 111 cm³/mol. The van der Waals surface area contributed by atoms with Crippen LogP contribution in [0, 0.1) is 12.7 Å². The first kappa shape index (κ1) is 21.3. The van der Waals surface area contributed by atoms with Crippen molar-refractivity contribution in [2.45, 2.75) is 18.7 Å². The number of carboxylic acid groups (broad SMARTS) is 1. The molecule has 8 heteroatoms. The van der Waals surface area contributed by atoms with E-state index in [9.17, 15) is 19.1 Å². The summed E-state index contributed by atoms with van der Waals surface area (Å²) in [5.41, 5.74) is 8.46. The number of carboxylic acids is 1. The summed E-state index contributed by atoms with van der Waals surface area (Å²) >= 11 is 1.46. The number of anilines is 1. The minimum absolute atomic E-state index is 0.0687. The van der Waals surface area contributed by atoms with Crippen LogP contribution in [0.4, 0.5) is 10.1 Å². The molecule has 1 aliphatic rings. The van der Waals surface area contributed by atoms with Gasteiger partial charge in [-0.1, -0.05) is 12.1 Å². The number of carbonyl (C=O) groups is 2. The number of benzene rings is 2. The summed E-state index contributed by atoms with van der Waals surface area (Å²) < 4.78 is 18.7. The number of halogens is 1. The number of amides is 1. The average molecular weight is 418 g/mol. The third-order valence-corrected chi connectivity index (χ3v) is 6.05. The molecular formula is C21H23FN2O4S. The fourth-order valence-electron chi connectivity index (χ4n) is 3.45. The second-order valence-corrected chi connectivity index (χ2v) is 7.74. The Hall–Kier alpha value is -2.42. The highest BCUT2D eigenvalue weighted by molar-refractivity contribution is 8.00. The van der Waals surface area contributed by atoms with Gasteiger partial charge in [-0.05, 0) is 54.3 Å². The Morgan fingerprint density at radius 2 is 2.00 bits per heavy atom. The van der Waals surface area contributed by atoms with Crippen LogP contribution in [0.5, 0.6) is 0 Å². The zero-order valence-electron chi connectivity index (χ0n) is 16.1. The second-order valence-electron chi connectivity index (χ2n) is 6.67. The Kier molecular flexibility index (Phi) is 6.89. The highest BCUT2D eigenvalue weighted by Gasteiger charge is 2.35. The summed E-state index contributed by atoms with van der Waals surface area (Å²) in [7, 11) is 0. The third kappa shape index (κ3) is 4.60. The standard InChI is InChI=1S/C21H23FN2O4S/c1-13-16(8-10-28-11-9-23)17(21(26)27)6-7-18(13)24-19(25)12-29-20(24)14-2-4-15(22)5-3-14/h2-7,20H,8-12,23H2,1H3,(H,26,27). The van der Waals surface area contributed by atoms with Gasteiger partial charge in [-0.3, -0.25) is 9.69 Å². The summed E-state index contributed by atoms with van der Waals surface area (Å²) in [5, 5.41) is 9.28. The van der Waals surface area contributed by atoms with E-state index in [0.29, 0.717) is 43.2 Å². The molecule has 3 rings (SSSR count). The van der Waals surface area contributed by atoms with Crippen molar-refractivity contribution in [3.8, 4) is 0 Å². The molecule has 0 spiro atoms. The third-order valence-electron chi connectivity index (χ3n) is 4.84. The number of hydrogen-bond acceptors (Lipinski definition) is 5. The van der Waals surface area contributed by atoms with Crippen LogP contribution in [0.1, 0.15) is 32.4 Å². The summed E-state index contributed by atoms with van der Waals surface area (Å²) in [6, 6.07) is 9.28. The Morgan fingerprint density at radius 3 is 2.66 bits per heavy atom. The van der Waals surface area contributed by atoms with Crippen LogP contribution >= 0.6 is 11.8 Å². The maximum absolute atomic E-state index is 13.3. The van der Waals surface area contributed by atoms with E-state index in [0.717, 1.165) is 11.1 Å². The molecule has 2 aromatic carbocycles. The molecule has 1 atom stereocenters. The van der Waals surface area contributed by atoms with Gasteiger partial charge in [0.1, 0.15) is 11.2 Å². The van der Waals surface area contributed by atoms with Gasteiger partial charge in [0.25, 0.3) is 0 Å². The molecule has 1 unspecified atom stereocenters. The molecule has 1 saturated heterocycles. The number of nitrogens with zero attached hydrogens (tertiary/aromatic N) is 1. The number of carbonyl (C=O) groups excluding carboxylic acids is 1. The van der Waals surface area contributed by atoms with Crippen LogP contribution in [-0.2, 0) is 16.0 Å². The number of ether oxygens (including phenoxy) is 1. The topological polar surface area (TPSA) is 92.9 Å². The molecule has 2 aromatic rings. The SMILES string of the molecule is Cc1c(N2C(=O)CSC2c2ccc(F)cc2)ccc(C(=O)O)c1CCOCCN. The lowest BCUT2D eigenvalue weighted by atomic mass is 9.96. The molecular weight excluding hydrogens is 395 g/mol. The van der Waals surface area contributed by atoms with Gasteiger partial charge in [0.05, 0.1) is 24.5 Å². The Morgan fingerprint density at radius 1 is 1.28 bits per heavy atom.